The fourth-order valence-corrected chi connectivity index (χ4v) is 4.19. The quantitative estimate of drug-likeness (QED) is 0.661. The summed E-state index contributed by atoms with van der Waals surface area (Å²) in [6, 6.07) is 6.15. The molecule has 0 bridgehead atoms. The molecule has 11 heteroatoms. The monoisotopic (exact) mass is 449 g/mol. The molecule has 1 fully saturated rings. The van der Waals surface area contributed by atoms with E-state index in [1.165, 1.54) is 15.3 Å². The van der Waals surface area contributed by atoms with Gasteiger partial charge in [0.2, 0.25) is 15.9 Å². The molecule has 2 heterocycles. The molecule has 1 aromatic heterocycles. The van der Waals surface area contributed by atoms with Gasteiger partial charge >= 0.3 is 0 Å². The van der Waals surface area contributed by atoms with E-state index < -0.39 is 21.9 Å². The van der Waals surface area contributed by atoms with Crippen LogP contribution in [-0.4, -0.2) is 59.4 Å². The Kier molecular flexibility index (Phi) is 6.45. The van der Waals surface area contributed by atoms with E-state index in [-0.39, 0.29) is 36.9 Å². The number of carbonyl (C=O) groups excluding carboxylic acids is 1. The van der Waals surface area contributed by atoms with E-state index in [2.05, 4.69) is 9.97 Å². The van der Waals surface area contributed by atoms with Crippen molar-refractivity contribution in [2.75, 3.05) is 25.9 Å². The summed E-state index contributed by atoms with van der Waals surface area (Å²) < 4.78 is 38.6. The number of sulfonamides is 1. The van der Waals surface area contributed by atoms with Crippen LogP contribution in [0.25, 0.3) is 11.4 Å². The second kappa shape index (κ2) is 8.87. The van der Waals surface area contributed by atoms with E-state index >= 15 is 0 Å². The summed E-state index contributed by atoms with van der Waals surface area (Å²) in [5, 5.41) is 9.45. The lowest BCUT2D eigenvalue weighted by molar-refractivity contribution is -0.130. The summed E-state index contributed by atoms with van der Waals surface area (Å²) in [4.78, 5) is 21.9. The highest BCUT2D eigenvalue weighted by atomic mass is 35.5. The molecule has 3 rings (SSSR count). The summed E-state index contributed by atoms with van der Waals surface area (Å²) in [6.07, 6.45) is 4.30. The van der Waals surface area contributed by atoms with Crippen LogP contribution < -0.4 is 0 Å². The van der Waals surface area contributed by atoms with Crippen molar-refractivity contribution in [2.45, 2.75) is 6.04 Å². The predicted molar refractivity (Wildman–Crippen MR) is 108 cm³/mol. The third-order valence-corrected chi connectivity index (χ3v) is 6.04. The highest BCUT2D eigenvalue weighted by Gasteiger charge is 2.34. The number of carbonyl (C=O) groups is 1. The molecular formula is C19H17ClFN5O3S. The lowest BCUT2D eigenvalue weighted by atomic mass is 9.97. The summed E-state index contributed by atoms with van der Waals surface area (Å²) in [5.74, 6) is -0.787. The van der Waals surface area contributed by atoms with Crippen molar-refractivity contribution in [3.8, 4) is 17.5 Å². The number of hydrogen-bond acceptors (Lipinski definition) is 6. The van der Waals surface area contributed by atoms with E-state index in [9.17, 15) is 22.9 Å². The number of hydrogen-bond donors (Lipinski definition) is 0. The van der Waals surface area contributed by atoms with Crippen molar-refractivity contribution in [3.05, 3.63) is 59.1 Å². The minimum atomic E-state index is -3.49. The molecule has 8 nitrogen and oxygen atoms in total. The summed E-state index contributed by atoms with van der Waals surface area (Å²) in [6.45, 7) is 0.305. The largest absolute Gasteiger partial charge is 0.329 e. The smallest absolute Gasteiger partial charge is 0.248 e. The molecule has 1 aliphatic rings. The van der Waals surface area contributed by atoms with Gasteiger partial charge in [0, 0.05) is 36.8 Å². The number of nitriles is 1. The van der Waals surface area contributed by atoms with Gasteiger partial charge in [0.15, 0.2) is 11.6 Å². The van der Waals surface area contributed by atoms with Gasteiger partial charge in [-0.2, -0.15) is 9.57 Å². The first-order valence-electron chi connectivity index (χ1n) is 8.78. The molecule has 1 atom stereocenters. The summed E-state index contributed by atoms with van der Waals surface area (Å²) in [7, 11) is -3.49. The first-order valence-corrected chi connectivity index (χ1v) is 11.1. The SMILES string of the molecule is CS(=O)(=O)N1CCN(C(=O)/C=C\Cl)[C@H](c2cc(C#N)cc(-c3ncc(F)cn3)c2)C1. The van der Waals surface area contributed by atoms with Gasteiger partial charge in [-0.1, -0.05) is 11.6 Å². The van der Waals surface area contributed by atoms with Gasteiger partial charge in [0.1, 0.15) is 0 Å². The molecule has 0 aliphatic carbocycles. The lowest BCUT2D eigenvalue weighted by Gasteiger charge is -2.40. The number of amides is 1. The van der Waals surface area contributed by atoms with Crippen LogP contribution in [0.3, 0.4) is 0 Å². The maximum atomic E-state index is 13.2. The third kappa shape index (κ3) is 4.81. The number of rotatable bonds is 4. The second-order valence-electron chi connectivity index (χ2n) is 6.64. The van der Waals surface area contributed by atoms with Crippen molar-refractivity contribution < 1.29 is 17.6 Å². The fourth-order valence-electron chi connectivity index (χ4n) is 3.26. The van der Waals surface area contributed by atoms with Crippen LogP contribution in [0.4, 0.5) is 4.39 Å². The molecule has 0 saturated carbocycles. The Bertz CT molecular complexity index is 1130. The van der Waals surface area contributed by atoms with Gasteiger partial charge in [-0.05, 0) is 23.8 Å². The Morgan fingerprint density at radius 1 is 1.30 bits per heavy atom. The number of halogens is 2. The van der Waals surface area contributed by atoms with E-state index in [1.807, 2.05) is 6.07 Å². The van der Waals surface area contributed by atoms with E-state index in [0.717, 1.165) is 24.2 Å². The molecule has 1 amide bonds. The van der Waals surface area contributed by atoms with Crippen molar-refractivity contribution in [3.63, 3.8) is 0 Å². The van der Waals surface area contributed by atoms with Gasteiger partial charge in [-0.25, -0.2) is 22.8 Å². The average Bonchev–Trinajstić information content (AvgIpc) is 2.73. The Morgan fingerprint density at radius 2 is 2.00 bits per heavy atom. The molecular weight excluding hydrogens is 433 g/mol. The van der Waals surface area contributed by atoms with Gasteiger partial charge in [0.25, 0.3) is 0 Å². The molecule has 156 valence electrons. The zero-order valence-corrected chi connectivity index (χ0v) is 17.4. The first kappa shape index (κ1) is 21.8. The fraction of sp³-hybridized carbons (Fsp3) is 0.263. The molecule has 1 saturated heterocycles. The molecule has 1 aliphatic heterocycles. The Labute approximate surface area is 178 Å². The predicted octanol–water partition coefficient (Wildman–Crippen LogP) is 2.05. The zero-order valence-electron chi connectivity index (χ0n) is 15.9. The van der Waals surface area contributed by atoms with Gasteiger partial charge in [-0.15, -0.1) is 0 Å². The number of piperazine rings is 1. The van der Waals surface area contributed by atoms with Crippen LogP contribution in [0, 0.1) is 17.1 Å². The van der Waals surface area contributed by atoms with E-state index in [1.54, 1.807) is 18.2 Å². The molecule has 0 N–H and O–H groups in total. The van der Waals surface area contributed by atoms with Crippen molar-refractivity contribution in [2.24, 2.45) is 0 Å². The van der Waals surface area contributed by atoms with Crippen LogP contribution in [0.15, 0.2) is 42.2 Å². The highest BCUT2D eigenvalue weighted by molar-refractivity contribution is 7.88. The van der Waals surface area contributed by atoms with Crippen molar-refractivity contribution in [1.29, 1.82) is 5.26 Å². The second-order valence-corrected chi connectivity index (χ2v) is 8.88. The van der Waals surface area contributed by atoms with E-state index in [0.29, 0.717) is 11.1 Å². The van der Waals surface area contributed by atoms with Gasteiger partial charge < -0.3 is 4.90 Å². The average molecular weight is 450 g/mol. The Morgan fingerprint density at radius 3 is 2.60 bits per heavy atom. The molecule has 1 aromatic carbocycles. The topological polar surface area (TPSA) is 107 Å². The van der Waals surface area contributed by atoms with Crippen molar-refractivity contribution in [1.82, 2.24) is 19.2 Å². The molecule has 2 aromatic rings. The molecule has 0 radical (unpaired) electrons. The normalized spacial score (nSPS) is 17.8. The molecule has 0 unspecified atom stereocenters. The van der Waals surface area contributed by atoms with Crippen LogP contribution in [0.1, 0.15) is 17.2 Å². The number of nitrogens with zero attached hydrogens (tertiary/aromatic N) is 5. The van der Waals surface area contributed by atoms with Crippen molar-refractivity contribution >= 4 is 27.5 Å². The highest BCUT2D eigenvalue weighted by Crippen LogP contribution is 2.30. The number of benzene rings is 1. The first-order chi connectivity index (χ1) is 14.2. The number of aromatic nitrogens is 2. The summed E-state index contributed by atoms with van der Waals surface area (Å²) in [5.41, 5.74) is 2.33. The minimum Gasteiger partial charge on any atom is -0.329 e. The van der Waals surface area contributed by atoms with Crippen LogP contribution >= 0.6 is 11.6 Å². The summed E-state index contributed by atoms with van der Waals surface area (Å²) >= 11 is 5.55. The van der Waals surface area contributed by atoms with Gasteiger partial charge in [0.05, 0.1) is 36.3 Å². The zero-order chi connectivity index (χ0) is 21.9. The Hall–Kier alpha value is -2.87. The van der Waals surface area contributed by atoms with Crippen LogP contribution in [0.5, 0.6) is 0 Å². The Balaban J connectivity index is 2.10. The molecule has 0 spiro atoms. The maximum Gasteiger partial charge on any atom is 0.248 e. The standard InChI is InChI=1S/C19H17ClFN5O3S/c1-30(28,29)25-4-5-26(18(27)2-3-20)17(12-25)14-6-13(9-22)7-15(8-14)19-23-10-16(21)11-24-19/h2-3,6-8,10-11,17H,4-5,12H2,1H3/b3-2-/t17-/m0/s1. The van der Waals surface area contributed by atoms with E-state index in [4.69, 9.17) is 11.6 Å². The van der Waals surface area contributed by atoms with Gasteiger partial charge in [-0.3, -0.25) is 4.79 Å². The van der Waals surface area contributed by atoms with Crippen LogP contribution in [-0.2, 0) is 14.8 Å². The van der Waals surface area contributed by atoms with Crippen LogP contribution in [0.2, 0.25) is 0 Å². The molecule has 30 heavy (non-hydrogen) atoms. The third-order valence-electron chi connectivity index (χ3n) is 4.65. The maximum absolute atomic E-state index is 13.2. The lowest BCUT2D eigenvalue weighted by Crippen LogP contribution is -2.51. The minimum absolute atomic E-state index is 0.0132.